The van der Waals surface area contributed by atoms with Crippen LogP contribution >= 0.6 is 68.1 Å². The predicted molar refractivity (Wildman–Crippen MR) is 84.8 cm³/mol. The summed E-state index contributed by atoms with van der Waals surface area (Å²) >= 11 is 12.6. The van der Waals surface area contributed by atoms with Crippen molar-refractivity contribution in [2.24, 2.45) is 0 Å². The molecule has 0 saturated carbocycles. The lowest BCUT2D eigenvalue weighted by atomic mass is 10.2. The molecule has 1 aromatic carbocycles. The Morgan fingerprint density at radius 3 is 2.67 bits per heavy atom. The van der Waals surface area contributed by atoms with Crippen LogP contribution < -0.4 is 0 Å². The first-order valence-electron chi connectivity index (χ1n) is 4.33. The third-order valence-corrected chi connectivity index (χ3v) is 5.53. The van der Waals surface area contributed by atoms with Crippen LogP contribution in [0.15, 0.2) is 12.1 Å². The van der Waals surface area contributed by atoms with Gasteiger partial charge in [0.05, 0.1) is 10.2 Å². The van der Waals surface area contributed by atoms with E-state index in [-0.39, 0.29) is 1.43 Å². The van der Waals surface area contributed by atoms with E-state index in [1.807, 2.05) is 19.1 Å². The van der Waals surface area contributed by atoms with Gasteiger partial charge in [-0.05, 0) is 31.5 Å². The van der Waals surface area contributed by atoms with Gasteiger partial charge in [0.2, 0.25) is 0 Å². The van der Waals surface area contributed by atoms with E-state index in [4.69, 9.17) is 11.6 Å². The number of hydrogen-bond donors (Lipinski definition) is 0. The number of benzene rings is 1. The molecule has 0 amide bonds. The lowest BCUT2D eigenvalue weighted by Crippen LogP contribution is -1.99. The maximum atomic E-state index is 6.07. The Hall–Kier alpha value is 0.860. The molecule has 15 heavy (non-hydrogen) atoms. The molecule has 0 radical (unpaired) electrons. The highest BCUT2D eigenvalue weighted by molar-refractivity contribution is 14.2. The molecule has 5 heteroatoms. The van der Waals surface area contributed by atoms with Crippen molar-refractivity contribution in [1.29, 1.82) is 0 Å². The standard InChI is InChI=1S/C10H8ClI2NS/c1-5-6(11)3-4-7-8(5)14-9(15-7)10(2,12)13/h3-4H,1-2H3. The smallest absolute Gasteiger partial charge is 0.122 e. The molecule has 0 aliphatic heterocycles. The van der Waals surface area contributed by atoms with Gasteiger partial charge in [0.25, 0.3) is 0 Å². The fourth-order valence-electron chi connectivity index (χ4n) is 1.29. The van der Waals surface area contributed by atoms with Crippen molar-refractivity contribution in [2.75, 3.05) is 0 Å². The van der Waals surface area contributed by atoms with Crippen molar-refractivity contribution in [1.82, 2.24) is 4.98 Å². The Balaban J connectivity index is 2.72. The number of aryl methyl sites for hydroxylation is 1. The van der Waals surface area contributed by atoms with Crippen molar-refractivity contribution in [3.63, 3.8) is 0 Å². The number of alkyl halides is 2. The summed E-state index contributed by atoms with van der Waals surface area (Å²) in [5.41, 5.74) is 2.12. The second kappa shape index (κ2) is 4.27. The summed E-state index contributed by atoms with van der Waals surface area (Å²) in [5.74, 6) is 0. The molecule has 1 nitrogen and oxygen atoms in total. The summed E-state index contributed by atoms with van der Waals surface area (Å²) in [7, 11) is 0. The van der Waals surface area contributed by atoms with Crippen molar-refractivity contribution >= 4 is 78.3 Å². The summed E-state index contributed by atoms with van der Waals surface area (Å²) in [5, 5.41) is 1.94. The molecule has 0 atom stereocenters. The predicted octanol–water partition coefficient (Wildman–Crippen LogP) is 5.30. The SMILES string of the molecule is Cc1c(Cl)ccc2sc(C(C)(I)I)nc12. The van der Waals surface area contributed by atoms with Crippen LogP contribution in [-0.4, -0.2) is 4.98 Å². The normalized spacial score (nSPS) is 12.3. The molecule has 0 aliphatic rings. The zero-order chi connectivity index (χ0) is 11.2. The van der Waals surface area contributed by atoms with Crippen molar-refractivity contribution in [3.8, 4) is 0 Å². The minimum Gasteiger partial charge on any atom is -0.239 e. The van der Waals surface area contributed by atoms with Gasteiger partial charge in [0, 0.05) is 5.02 Å². The maximum Gasteiger partial charge on any atom is 0.122 e. The molecule has 0 N–H and O–H groups in total. The Morgan fingerprint density at radius 1 is 1.40 bits per heavy atom. The zero-order valence-electron chi connectivity index (χ0n) is 8.14. The fourth-order valence-corrected chi connectivity index (χ4v) is 3.30. The molecular weight excluding hydrogens is 455 g/mol. The lowest BCUT2D eigenvalue weighted by molar-refractivity contribution is 1.08. The Kier molecular flexibility index (Phi) is 3.51. The summed E-state index contributed by atoms with van der Waals surface area (Å²) in [6.07, 6.45) is 0. The number of thiazole rings is 1. The van der Waals surface area contributed by atoms with Crippen molar-refractivity contribution < 1.29 is 0 Å². The largest absolute Gasteiger partial charge is 0.239 e. The van der Waals surface area contributed by atoms with Gasteiger partial charge in [-0.2, -0.15) is 0 Å². The van der Waals surface area contributed by atoms with Gasteiger partial charge in [-0.3, -0.25) is 0 Å². The van der Waals surface area contributed by atoms with Crippen LogP contribution in [0.3, 0.4) is 0 Å². The first-order valence-corrected chi connectivity index (χ1v) is 7.69. The first kappa shape index (κ1) is 12.3. The van der Waals surface area contributed by atoms with Gasteiger partial charge in [-0.15, -0.1) is 11.3 Å². The topological polar surface area (TPSA) is 12.9 Å². The van der Waals surface area contributed by atoms with Crippen LogP contribution in [0.2, 0.25) is 5.02 Å². The van der Waals surface area contributed by atoms with Gasteiger partial charge in [0.1, 0.15) is 6.44 Å². The average Bonchev–Trinajstić information content (AvgIpc) is 2.55. The first-order chi connectivity index (χ1) is 6.89. The van der Waals surface area contributed by atoms with E-state index in [0.717, 1.165) is 21.1 Å². The monoisotopic (exact) mass is 463 g/mol. The van der Waals surface area contributed by atoms with Crippen LogP contribution in [0.25, 0.3) is 10.2 Å². The molecule has 2 rings (SSSR count). The van der Waals surface area contributed by atoms with Crippen LogP contribution in [0.4, 0.5) is 0 Å². The number of halogens is 3. The second-order valence-corrected chi connectivity index (χ2v) is 11.2. The second-order valence-electron chi connectivity index (χ2n) is 3.43. The molecule has 80 valence electrons. The average molecular weight is 464 g/mol. The van der Waals surface area contributed by atoms with E-state index in [2.05, 4.69) is 57.1 Å². The van der Waals surface area contributed by atoms with Gasteiger partial charge >= 0.3 is 0 Å². The molecule has 0 fully saturated rings. The number of hydrogen-bond acceptors (Lipinski definition) is 2. The molecule has 0 saturated heterocycles. The van der Waals surface area contributed by atoms with E-state index < -0.39 is 0 Å². The molecule has 1 heterocycles. The van der Waals surface area contributed by atoms with Crippen LogP contribution in [0.5, 0.6) is 0 Å². The molecule has 0 spiro atoms. The maximum absolute atomic E-state index is 6.07. The summed E-state index contributed by atoms with van der Waals surface area (Å²) in [4.78, 5) is 4.66. The van der Waals surface area contributed by atoms with E-state index >= 15 is 0 Å². The minimum absolute atomic E-state index is 0.0537. The van der Waals surface area contributed by atoms with Gasteiger partial charge in [0.15, 0.2) is 0 Å². The number of fused-ring (bicyclic) bond motifs is 1. The van der Waals surface area contributed by atoms with E-state index in [1.54, 1.807) is 11.3 Å². The quantitative estimate of drug-likeness (QED) is 0.413. The molecule has 0 unspecified atom stereocenters. The van der Waals surface area contributed by atoms with Gasteiger partial charge in [-0.1, -0.05) is 56.8 Å². The summed E-state index contributed by atoms with van der Waals surface area (Å²) < 4.78 is 1.27. The van der Waals surface area contributed by atoms with Crippen molar-refractivity contribution in [2.45, 2.75) is 15.3 Å². The van der Waals surface area contributed by atoms with Crippen LogP contribution in [0.1, 0.15) is 17.5 Å². The van der Waals surface area contributed by atoms with E-state index in [1.165, 1.54) is 4.70 Å². The number of nitrogens with zero attached hydrogens (tertiary/aromatic N) is 1. The lowest BCUT2D eigenvalue weighted by Gasteiger charge is -2.08. The van der Waals surface area contributed by atoms with Gasteiger partial charge in [-0.25, -0.2) is 4.98 Å². The number of rotatable bonds is 1. The van der Waals surface area contributed by atoms with Crippen LogP contribution in [-0.2, 0) is 1.43 Å². The highest BCUT2D eigenvalue weighted by atomic mass is 127. The summed E-state index contributed by atoms with van der Waals surface area (Å²) in [6.45, 7) is 4.18. The molecule has 0 bridgehead atoms. The van der Waals surface area contributed by atoms with E-state index in [0.29, 0.717) is 0 Å². The third-order valence-electron chi connectivity index (χ3n) is 2.12. The molecule has 0 aliphatic carbocycles. The molecular formula is C10H8ClI2NS. The Morgan fingerprint density at radius 2 is 2.07 bits per heavy atom. The summed E-state index contributed by atoms with van der Waals surface area (Å²) in [6, 6.07) is 3.99. The minimum atomic E-state index is 0.0537. The fraction of sp³-hybridized carbons (Fsp3) is 0.300. The van der Waals surface area contributed by atoms with Gasteiger partial charge < -0.3 is 0 Å². The third kappa shape index (κ3) is 2.42. The van der Waals surface area contributed by atoms with Crippen LogP contribution in [0, 0.1) is 6.92 Å². The van der Waals surface area contributed by atoms with E-state index in [9.17, 15) is 0 Å². The van der Waals surface area contributed by atoms with Crippen molar-refractivity contribution in [3.05, 3.63) is 27.7 Å². The highest BCUT2D eigenvalue weighted by Gasteiger charge is 2.23. The highest BCUT2D eigenvalue weighted by Crippen LogP contribution is 2.43. The Bertz CT molecular complexity index is 516. The zero-order valence-corrected chi connectivity index (χ0v) is 14.0. The molecule has 2 aromatic rings. The molecule has 1 aromatic heterocycles. The number of aromatic nitrogens is 1. The Labute approximate surface area is 125 Å².